The van der Waals surface area contributed by atoms with E-state index in [1.807, 2.05) is 47.4 Å². The lowest BCUT2D eigenvalue weighted by atomic mass is 9.92. The van der Waals surface area contributed by atoms with Gasteiger partial charge in [0.15, 0.2) is 11.5 Å². The van der Waals surface area contributed by atoms with E-state index in [4.69, 9.17) is 9.47 Å². The van der Waals surface area contributed by atoms with Gasteiger partial charge in [-0.05, 0) is 47.7 Å². The van der Waals surface area contributed by atoms with Crippen molar-refractivity contribution in [1.82, 2.24) is 15.2 Å². The number of carbonyl (C=O) groups excluding carboxylic acids is 1. The van der Waals surface area contributed by atoms with Crippen molar-refractivity contribution in [3.8, 4) is 11.5 Å². The van der Waals surface area contributed by atoms with E-state index in [2.05, 4.69) is 40.6 Å². The standard InChI is InChI=1S/C27H25N3O3/c31-27(28-14-12-18-6-2-1-3-7-18)30-15-13-21-20-8-4-5-9-22(20)29-25(21)26(30)19-10-11-23-24(16-19)33-17-32-23/h1-11,16,26,29H,12-15,17H2,(H,28,31)/t26-/m0/s1. The minimum atomic E-state index is -0.229. The number of ether oxygens (including phenoxy) is 2. The predicted molar refractivity (Wildman–Crippen MR) is 127 cm³/mol. The maximum atomic E-state index is 13.4. The number of aromatic amines is 1. The smallest absolute Gasteiger partial charge is 0.318 e. The average molecular weight is 440 g/mol. The second-order valence-electron chi connectivity index (χ2n) is 8.49. The van der Waals surface area contributed by atoms with Crippen LogP contribution in [-0.2, 0) is 12.8 Å². The van der Waals surface area contributed by atoms with Gasteiger partial charge in [0.05, 0.1) is 6.04 Å². The molecule has 6 heteroatoms. The van der Waals surface area contributed by atoms with Crippen molar-refractivity contribution in [1.29, 1.82) is 0 Å². The summed E-state index contributed by atoms with van der Waals surface area (Å²) in [5.41, 5.74) is 5.66. The van der Waals surface area contributed by atoms with Gasteiger partial charge in [0, 0.05) is 29.7 Å². The molecule has 1 atom stereocenters. The highest BCUT2D eigenvalue weighted by molar-refractivity contribution is 5.86. The van der Waals surface area contributed by atoms with Gasteiger partial charge in [0.25, 0.3) is 0 Å². The Kier molecular flexibility index (Phi) is 4.91. The fourth-order valence-corrected chi connectivity index (χ4v) is 4.95. The Morgan fingerprint density at radius 1 is 1.00 bits per heavy atom. The number of benzene rings is 3. The number of H-pyrrole nitrogens is 1. The van der Waals surface area contributed by atoms with E-state index in [1.165, 1.54) is 16.5 Å². The highest BCUT2D eigenvalue weighted by Crippen LogP contribution is 2.41. The second-order valence-corrected chi connectivity index (χ2v) is 8.49. The molecule has 6 nitrogen and oxygen atoms in total. The van der Waals surface area contributed by atoms with Crippen LogP contribution in [0, 0.1) is 0 Å². The van der Waals surface area contributed by atoms with Crippen molar-refractivity contribution >= 4 is 16.9 Å². The van der Waals surface area contributed by atoms with Gasteiger partial charge in [-0.1, -0.05) is 54.6 Å². The van der Waals surface area contributed by atoms with Gasteiger partial charge >= 0.3 is 6.03 Å². The largest absolute Gasteiger partial charge is 0.454 e. The third kappa shape index (κ3) is 3.57. The van der Waals surface area contributed by atoms with Crippen LogP contribution >= 0.6 is 0 Å². The quantitative estimate of drug-likeness (QED) is 0.480. The van der Waals surface area contributed by atoms with E-state index >= 15 is 0 Å². The Labute approximate surface area is 192 Å². The van der Waals surface area contributed by atoms with Crippen LogP contribution in [0.3, 0.4) is 0 Å². The van der Waals surface area contributed by atoms with Crippen LogP contribution in [0.15, 0.2) is 72.8 Å². The molecule has 1 aromatic heterocycles. The summed E-state index contributed by atoms with van der Waals surface area (Å²) in [6, 6.07) is 24.2. The molecule has 0 spiro atoms. The van der Waals surface area contributed by atoms with Crippen LogP contribution in [-0.4, -0.2) is 35.8 Å². The van der Waals surface area contributed by atoms with Crippen molar-refractivity contribution in [3.05, 3.63) is 95.2 Å². The van der Waals surface area contributed by atoms with Crippen molar-refractivity contribution in [3.63, 3.8) is 0 Å². The molecule has 4 aromatic rings. The molecule has 3 aromatic carbocycles. The highest BCUT2D eigenvalue weighted by Gasteiger charge is 2.35. The molecule has 0 saturated heterocycles. The Balaban J connectivity index is 1.33. The molecule has 166 valence electrons. The molecular weight excluding hydrogens is 414 g/mol. The summed E-state index contributed by atoms with van der Waals surface area (Å²) in [6.07, 6.45) is 1.61. The summed E-state index contributed by atoms with van der Waals surface area (Å²) in [7, 11) is 0. The van der Waals surface area contributed by atoms with Crippen molar-refractivity contribution in [2.75, 3.05) is 19.9 Å². The Hall–Kier alpha value is -3.93. The van der Waals surface area contributed by atoms with Gasteiger partial charge in [-0.3, -0.25) is 0 Å². The van der Waals surface area contributed by atoms with Crippen LogP contribution in [0.5, 0.6) is 11.5 Å². The molecule has 2 amide bonds. The summed E-state index contributed by atoms with van der Waals surface area (Å²) < 4.78 is 11.1. The number of hydrogen-bond donors (Lipinski definition) is 2. The van der Waals surface area contributed by atoms with E-state index in [0.29, 0.717) is 13.1 Å². The third-order valence-corrected chi connectivity index (χ3v) is 6.54. The topological polar surface area (TPSA) is 66.6 Å². The minimum absolute atomic E-state index is 0.0575. The van der Waals surface area contributed by atoms with Gasteiger partial charge in [-0.2, -0.15) is 0 Å². The third-order valence-electron chi connectivity index (χ3n) is 6.54. The van der Waals surface area contributed by atoms with Crippen LogP contribution < -0.4 is 14.8 Å². The van der Waals surface area contributed by atoms with Crippen LogP contribution in [0.2, 0.25) is 0 Å². The zero-order chi connectivity index (χ0) is 22.2. The number of fused-ring (bicyclic) bond motifs is 4. The molecule has 2 aliphatic rings. The van der Waals surface area contributed by atoms with Crippen molar-refractivity contribution < 1.29 is 14.3 Å². The summed E-state index contributed by atoms with van der Waals surface area (Å²) in [6.45, 7) is 1.46. The predicted octanol–water partition coefficient (Wildman–Crippen LogP) is 4.80. The van der Waals surface area contributed by atoms with E-state index < -0.39 is 0 Å². The first-order valence-electron chi connectivity index (χ1n) is 11.4. The minimum Gasteiger partial charge on any atom is -0.454 e. The Morgan fingerprint density at radius 3 is 2.73 bits per heavy atom. The number of aromatic nitrogens is 1. The SMILES string of the molecule is O=C(NCCc1ccccc1)N1CCc2c([nH]c3ccccc23)[C@@H]1c1ccc2c(c1)OCO2. The Morgan fingerprint density at radius 2 is 1.82 bits per heavy atom. The number of rotatable bonds is 4. The summed E-state index contributed by atoms with van der Waals surface area (Å²) in [5, 5.41) is 4.36. The maximum absolute atomic E-state index is 13.4. The van der Waals surface area contributed by atoms with Gasteiger partial charge < -0.3 is 24.7 Å². The fraction of sp³-hybridized carbons (Fsp3) is 0.222. The van der Waals surface area contributed by atoms with Crippen LogP contribution in [0.25, 0.3) is 10.9 Å². The summed E-state index contributed by atoms with van der Waals surface area (Å²) in [5.74, 6) is 1.46. The van der Waals surface area contributed by atoms with Gasteiger partial charge in [-0.15, -0.1) is 0 Å². The molecule has 0 saturated carbocycles. The van der Waals surface area contributed by atoms with Gasteiger partial charge in [0.2, 0.25) is 6.79 Å². The van der Waals surface area contributed by atoms with Crippen LogP contribution in [0.1, 0.15) is 28.4 Å². The highest BCUT2D eigenvalue weighted by atomic mass is 16.7. The zero-order valence-corrected chi connectivity index (χ0v) is 18.2. The first-order valence-corrected chi connectivity index (χ1v) is 11.4. The molecule has 33 heavy (non-hydrogen) atoms. The van der Waals surface area contributed by atoms with Crippen molar-refractivity contribution in [2.24, 2.45) is 0 Å². The molecule has 0 bridgehead atoms. The lowest BCUT2D eigenvalue weighted by Crippen LogP contribution is -2.46. The fourth-order valence-electron chi connectivity index (χ4n) is 4.95. The zero-order valence-electron chi connectivity index (χ0n) is 18.2. The van der Waals surface area contributed by atoms with Crippen LogP contribution in [0.4, 0.5) is 4.79 Å². The number of hydrogen-bond acceptors (Lipinski definition) is 3. The molecular formula is C27H25N3O3. The van der Waals surface area contributed by atoms with Crippen molar-refractivity contribution in [2.45, 2.75) is 18.9 Å². The average Bonchev–Trinajstić information content (AvgIpc) is 3.48. The molecule has 0 unspecified atom stereocenters. The van der Waals surface area contributed by atoms with E-state index in [0.717, 1.165) is 41.1 Å². The molecule has 0 fully saturated rings. The molecule has 6 rings (SSSR count). The number of nitrogens with one attached hydrogen (secondary N) is 2. The summed E-state index contributed by atoms with van der Waals surface area (Å²) >= 11 is 0. The molecule has 2 N–H and O–H groups in total. The number of urea groups is 1. The second kappa shape index (κ2) is 8.20. The number of nitrogens with zero attached hydrogens (tertiary/aromatic N) is 1. The lowest BCUT2D eigenvalue weighted by Gasteiger charge is -2.36. The van der Waals surface area contributed by atoms with Gasteiger partial charge in [-0.25, -0.2) is 4.79 Å². The molecule has 0 radical (unpaired) electrons. The lowest BCUT2D eigenvalue weighted by molar-refractivity contribution is 0.173. The number of carbonyl (C=O) groups is 1. The number of amides is 2. The van der Waals surface area contributed by atoms with E-state index in [1.54, 1.807) is 0 Å². The first kappa shape index (κ1) is 19.7. The Bertz CT molecular complexity index is 1310. The van der Waals surface area contributed by atoms with Gasteiger partial charge in [0.1, 0.15) is 0 Å². The monoisotopic (exact) mass is 439 g/mol. The number of para-hydroxylation sites is 1. The normalized spacial score (nSPS) is 16.6. The van der Waals surface area contributed by atoms with E-state index in [-0.39, 0.29) is 18.9 Å². The molecule has 0 aliphatic carbocycles. The molecule has 2 aliphatic heterocycles. The maximum Gasteiger partial charge on any atom is 0.318 e. The first-order chi connectivity index (χ1) is 16.3. The summed E-state index contributed by atoms with van der Waals surface area (Å²) in [4.78, 5) is 18.9. The van der Waals surface area contributed by atoms with E-state index in [9.17, 15) is 4.79 Å². The molecule has 3 heterocycles.